The van der Waals surface area contributed by atoms with Crippen LogP contribution in [0.3, 0.4) is 0 Å². The Bertz CT molecular complexity index is 198. The molecule has 9 heavy (non-hydrogen) atoms. The molecule has 0 heterocycles. The molecule has 1 atom stereocenters. The molecule has 0 fully saturated rings. The van der Waals surface area contributed by atoms with Crippen LogP contribution >= 0.6 is 8.81 Å². The minimum absolute atomic E-state index is 0.502. The average Bonchev–Trinajstić information content (AvgIpc) is 1.88. The van der Waals surface area contributed by atoms with Crippen molar-refractivity contribution in [2.45, 2.75) is 6.92 Å². The Hall–Kier alpha value is -0.390. The number of rotatable bonds is 1. The molecule has 1 aromatic carbocycles. The van der Waals surface area contributed by atoms with Gasteiger partial charge in [0.25, 0.3) is 0 Å². The summed E-state index contributed by atoms with van der Waals surface area (Å²) in [5.41, 5.74) is 1.22. The summed E-state index contributed by atoms with van der Waals surface area (Å²) < 4.78 is 0. The molecule has 0 aliphatic carbocycles. The third kappa shape index (κ3) is 1.78. The van der Waals surface area contributed by atoms with Gasteiger partial charge < -0.3 is 0 Å². The van der Waals surface area contributed by atoms with E-state index in [9.17, 15) is 0 Å². The Morgan fingerprint density at radius 1 is 1.44 bits per heavy atom. The molecular formula is C7H10OP+. The molecule has 0 spiro atoms. The minimum Gasteiger partial charge on any atom is -0.251 e. The predicted octanol–water partition coefficient (Wildman–Crippen LogP) is 0.938. The molecular weight excluding hydrogens is 131 g/mol. The van der Waals surface area contributed by atoms with Crippen molar-refractivity contribution in [3.05, 3.63) is 29.8 Å². The van der Waals surface area contributed by atoms with Gasteiger partial charge in [0.05, 0.1) is 0 Å². The summed E-state index contributed by atoms with van der Waals surface area (Å²) in [4.78, 5) is 8.75. The third-order valence-corrected chi connectivity index (χ3v) is 1.85. The van der Waals surface area contributed by atoms with E-state index in [1.807, 2.05) is 31.2 Å². The highest BCUT2D eigenvalue weighted by molar-refractivity contribution is 7.40. The maximum atomic E-state index is 8.75. The SMILES string of the molecule is Cc1cccc([PH2+]O)c1. The normalized spacial score (nSPS) is 10.9. The zero-order valence-electron chi connectivity index (χ0n) is 5.33. The van der Waals surface area contributed by atoms with Gasteiger partial charge in [-0.1, -0.05) is 12.1 Å². The topological polar surface area (TPSA) is 20.2 Å². The summed E-state index contributed by atoms with van der Waals surface area (Å²) in [6.07, 6.45) is 0. The Morgan fingerprint density at radius 3 is 2.67 bits per heavy atom. The van der Waals surface area contributed by atoms with Gasteiger partial charge in [0, 0.05) is 0 Å². The second-order valence-electron chi connectivity index (χ2n) is 2.04. The quantitative estimate of drug-likeness (QED) is 0.577. The smallest absolute Gasteiger partial charge is 0.149 e. The minimum atomic E-state index is -0.502. The maximum absolute atomic E-state index is 8.75. The highest BCUT2D eigenvalue weighted by atomic mass is 31.1. The Balaban J connectivity index is 2.94. The standard InChI is InChI=1S/C7H9OP/c1-6-3-2-4-7(5-6)9-8/h2-5,8-9H,1H3/p+1. The second kappa shape index (κ2) is 2.95. The molecule has 0 saturated heterocycles. The summed E-state index contributed by atoms with van der Waals surface area (Å²) >= 11 is 0. The Morgan fingerprint density at radius 2 is 2.22 bits per heavy atom. The molecule has 0 bridgehead atoms. The summed E-state index contributed by atoms with van der Waals surface area (Å²) in [6, 6.07) is 7.95. The Labute approximate surface area is 56.6 Å². The van der Waals surface area contributed by atoms with E-state index in [0.717, 1.165) is 5.30 Å². The molecule has 48 valence electrons. The number of hydrogen-bond donors (Lipinski definition) is 1. The van der Waals surface area contributed by atoms with Crippen LogP contribution in [0.15, 0.2) is 24.3 Å². The van der Waals surface area contributed by atoms with Gasteiger partial charge in [-0.25, -0.2) is 0 Å². The number of benzene rings is 1. The Kier molecular flexibility index (Phi) is 2.21. The van der Waals surface area contributed by atoms with E-state index < -0.39 is 8.81 Å². The number of aryl methyl sites for hydroxylation is 1. The van der Waals surface area contributed by atoms with Gasteiger partial charge in [0.2, 0.25) is 0 Å². The molecule has 0 amide bonds. The van der Waals surface area contributed by atoms with Gasteiger partial charge in [0.15, 0.2) is 0 Å². The van der Waals surface area contributed by atoms with Crippen LogP contribution in [0.2, 0.25) is 0 Å². The van der Waals surface area contributed by atoms with E-state index in [0.29, 0.717) is 0 Å². The largest absolute Gasteiger partial charge is 0.251 e. The first-order valence-corrected chi connectivity index (χ1v) is 3.96. The maximum Gasteiger partial charge on any atom is 0.149 e. The molecule has 0 radical (unpaired) electrons. The van der Waals surface area contributed by atoms with Gasteiger partial charge in [-0.15, -0.1) is 0 Å². The van der Waals surface area contributed by atoms with Gasteiger partial charge in [-0.3, -0.25) is 4.89 Å². The summed E-state index contributed by atoms with van der Waals surface area (Å²) in [5.74, 6) is 0. The van der Waals surface area contributed by atoms with Crippen LogP contribution in [0.5, 0.6) is 0 Å². The summed E-state index contributed by atoms with van der Waals surface area (Å²) in [7, 11) is -0.502. The highest BCUT2D eigenvalue weighted by Crippen LogP contribution is 2.03. The van der Waals surface area contributed by atoms with Crippen molar-refractivity contribution < 1.29 is 4.89 Å². The predicted molar refractivity (Wildman–Crippen MR) is 42.7 cm³/mol. The van der Waals surface area contributed by atoms with Crippen LogP contribution in [-0.2, 0) is 0 Å². The fraction of sp³-hybridized carbons (Fsp3) is 0.143. The highest BCUT2D eigenvalue weighted by Gasteiger charge is 1.93. The lowest BCUT2D eigenvalue weighted by molar-refractivity contribution is 0.655. The monoisotopic (exact) mass is 141 g/mol. The van der Waals surface area contributed by atoms with Gasteiger partial charge in [-0.05, 0) is 24.6 Å². The molecule has 1 nitrogen and oxygen atoms in total. The van der Waals surface area contributed by atoms with Crippen molar-refractivity contribution in [1.82, 2.24) is 0 Å². The molecule has 2 heteroatoms. The summed E-state index contributed by atoms with van der Waals surface area (Å²) in [6.45, 7) is 2.03. The second-order valence-corrected chi connectivity index (χ2v) is 2.97. The molecule has 0 aromatic heterocycles. The fourth-order valence-electron chi connectivity index (χ4n) is 0.750. The first-order valence-electron chi connectivity index (χ1n) is 2.87. The molecule has 0 aliphatic heterocycles. The molecule has 1 aromatic rings. The van der Waals surface area contributed by atoms with E-state index in [1.165, 1.54) is 5.56 Å². The van der Waals surface area contributed by atoms with E-state index in [2.05, 4.69) is 0 Å². The van der Waals surface area contributed by atoms with E-state index >= 15 is 0 Å². The van der Waals surface area contributed by atoms with Crippen molar-refractivity contribution >= 4 is 14.1 Å². The van der Waals surface area contributed by atoms with Crippen LogP contribution in [0, 0.1) is 6.92 Å². The zero-order chi connectivity index (χ0) is 6.69. The first-order chi connectivity index (χ1) is 4.33. The molecule has 0 aliphatic rings. The lowest BCUT2D eigenvalue weighted by atomic mass is 10.2. The molecule has 1 N–H and O–H groups in total. The summed E-state index contributed by atoms with van der Waals surface area (Å²) in [5, 5.41) is 1.06. The lowest BCUT2D eigenvalue weighted by Crippen LogP contribution is -1.91. The van der Waals surface area contributed by atoms with Crippen molar-refractivity contribution in [3.63, 3.8) is 0 Å². The van der Waals surface area contributed by atoms with Crippen LogP contribution in [0.1, 0.15) is 5.56 Å². The molecule has 0 saturated carbocycles. The van der Waals surface area contributed by atoms with Gasteiger partial charge in [-0.2, -0.15) is 0 Å². The lowest BCUT2D eigenvalue weighted by Gasteiger charge is -1.89. The van der Waals surface area contributed by atoms with Crippen LogP contribution < -0.4 is 5.30 Å². The molecule has 1 rings (SSSR count). The van der Waals surface area contributed by atoms with Crippen molar-refractivity contribution in [2.75, 3.05) is 0 Å². The van der Waals surface area contributed by atoms with Crippen LogP contribution in [0.4, 0.5) is 0 Å². The number of hydrogen-bond acceptors (Lipinski definition) is 1. The van der Waals surface area contributed by atoms with Crippen molar-refractivity contribution in [3.8, 4) is 0 Å². The third-order valence-electron chi connectivity index (χ3n) is 1.19. The average molecular weight is 141 g/mol. The van der Waals surface area contributed by atoms with Crippen LogP contribution in [-0.4, -0.2) is 4.89 Å². The van der Waals surface area contributed by atoms with Crippen molar-refractivity contribution in [2.24, 2.45) is 0 Å². The zero-order valence-corrected chi connectivity index (χ0v) is 6.49. The van der Waals surface area contributed by atoms with E-state index in [-0.39, 0.29) is 0 Å². The fourth-order valence-corrected chi connectivity index (χ4v) is 1.29. The van der Waals surface area contributed by atoms with E-state index in [4.69, 9.17) is 4.89 Å². The van der Waals surface area contributed by atoms with E-state index in [1.54, 1.807) is 0 Å². The van der Waals surface area contributed by atoms with Gasteiger partial charge in [0.1, 0.15) is 14.1 Å². The molecule has 1 unspecified atom stereocenters. The first kappa shape index (κ1) is 6.73. The van der Waals surface area contributed by atoms with Crippen molar-refractivity contribution in [1.29, 1.82) is 0 Å². The van der Waals surface area contributed by atoms with Gasteiger partial charge >= 0.3 is 0 Å². The van der Waals surface area contributed by atoms with Crippen LogP contribution in [0.25, 0.3) is 0 Å².